The highest BCUT2D eigenvalue weighted by Crippen LogP contribution is 2.23. The molecule has 0 amide bonds. The van der Waals surface area contributed by atoms with Gasteiger partial charge in [-0.2, -0.15) is 5.26 Å². The second-order valence-electron chi connectivity index (χ2n) is 3.97. The number of benzene rings is 1. The summed E-state index contributed by atoms with van der Waals surface area (Å²) >= 11 is 0. The van der Waals surface area contributed by atoms with Crippen LogP contribution in [0.1, 0.15) is 16.2 Å². The zero-order valence-corrected chi connectivity index (χ0v) is 10.1. The molecule has 0 bridgehead atoms. The molecule has 0 unspecified atom stereocenters. The largest absolute Gasteiger partial charge is 0.478 e. The number of aromatic carboxylic acids is 1. The molecule has 0 radical (unpaired) electrons. The molecular weight excluding hydrogens is 258 g/mol. The summed E-state index contributed by atoms with van der Waals surface area (Å²) in [7, 11) is 0. The van der Waals surface area contributed by atoms with E-state index >= 15 is 0 Å². The Kier molecular flexibility index (Phi) is 2.62. The number of carbonyl (C=O) groups is 1. The van der Waals surface area contributed by atoms with Crippen LogP contribution in [0.25, 0.3) is 16.6 Å². The number of aromatic nitrogens is 4. The number of hydrogen-bond acceptors (Lipinski definition) is 5. The number of hydrogen-bond donors (Lipinski definition) is 1. The molecule has 0 spiro atoms. The van der Waals surface area contributed by atoms with Crippen LogP contribution < -0.4 is 0 Å². The molecule has 20 heavy (non-hydrogen) atoms. The highest BCUT2D eigenvalue weighted by atomic mass is 16.4. The molecule has 96 valence electrons. The molecule has 2 aromatic heterocycles. The summed E-state index contributed by atoms with van der Waals surface area (Å²) in [5.74, 6) is -0.589. The maximum Gasteiger partial charge on any atom is 0.337 e. The van der Waals surface area contributed by atoms with Gasteiger partial charge in [-0.15, -0.1) is 5.10 Å². The number of nitrogens with zero attached hydrogens (tertiary/aromatic N) is 5. The van der Waals surface area contributed by atoms with Crippen LogP contribution in [0.3, 0.4) is 0 Å². The van der Waals surface area contributed by atoms with E-state index in [1.54, 1.807) is 24.3 Å². The van der Waals surface area contributed by atoms with Crippen LogP contribution in [-0.4, -0.2) is 30.8 Å². The SMILES string of the molecule is N#Cc1ncn(-c2ncc(C(=O)O)c3ccccc23)n1. The normalized spacial score (nSPS) is 10.3. The molecule has 1 aromatic carbocycles. The minimum absolute atomic E-state index is 0.0261. The van der Waals surface area contributed by atoms with Gasteiger partial charge in [0.2, 0.25) is 0 Å². The van der Waals surface area contributed by atoms with Crippen molar-refractivity contribution in [2.75, 3.05) is 0 Å². The molecule has 0 atom stereocenters. The Labute approximate surface area is 112 Å². The quantitative estimate of drug-likeness (QED) is 0.750. The number of carboxylic acids is 1. The summed E-state index contributed by atoms with van der Waals surface area (Å²) in [5.41, 5.74) is 0.116. The van der Waals surface area contributed by atoms with E-state index in [9.17, 15) is 4.79 Å². The Morgan fingerprint density at radius 1 is 1.25 bits per heavy atom. The van der Waals surface area contributed by atoms with Gasteiger partial charge in [0, 0.05) is 17.0 Å². The van der Waals surface area contributed by atoms with E-state index in [1.807, 2.05) is 6.07 Å². The van der Waals surface area contributed by atoms with E-state index in [4.69, 9.17) is 10.4 Å². The standard InChI is InChI=1S/C13H7N5O2/c14-5-11-16-7-18(17-11)12-9-4-2-1-3-8(9)10(6-15-12)13(19)20/h1-4,6-7H,(H,19,20). The predicted octanol–water partition coefficient (Wildman–Crippen LogP) is 1.39. The van der Waals surface area contributed by atoms with E-state index in [0.717, 1.165) is 0 Å². The lowest BCUT2D eigenvalue weighted by Gasteiger charge is -2.07. The third-order valence-corrected chi connectivity index (χ3v) is 2.81. The van der Waals surface area contributed by atoms with Crippen LogP contribution in [0.4, 0.5) is 0 Å². The molecular formula is C13H7N5O2. The Balaban J connectivity index is 2.30. The number of pyridine rings is 1. The van der Waals surface area contributed by atoms with Gasteiger partial charge in [-0.3, -0.25) is 0 Å². The minimum Gasteiger partial charge on any atom is -0.478 e. The van der Waals surface area contributed by atoms with Gasteiger partial charge in [-0.25, -0.2) is 19.4 Å². The molecule has 0 saturated carbocycles. The van der Waals surface area contributed by atoms with Crippen molar-refractivity contribution in [2.24, 2.45) is 0 Å². The van der Waals surface area contributed by atoms with Gasteiger partial charge in [0.25, 0.3) is 5.82 Å². The van der Waals surface area contributed by atoms with E-state index < -0.39 is 5.97 Å². The maximum atomic E-state index is 11.2. The van der Waals surface area contributed by atoms with Crippen molar-refractivity contribution in [1.82, 2.24) is 19.7 Å². The van der Waals surface area contributed by atoms with Crippen molar-refractivity contribution in [1.29, 1.82) is 5.26 Å². The average molecular weight is 265 g/mol. The fourth-order valence-electron chi connectivity index (χ4n) is 1.95. The lowest BCUT2D eigenvalue weighted by molar-refractivity contribution is 0.0698. The first-order valence-corrected chi connectivity index (χ1v) is 5.64. The summed E-state index contributed by atoms with van der Waals surface area (Å²) in [6.07, 6.45) is 2.64. The third kappa shape index (κ3) is 1.76. The fraction of sp³-hybridized carbons (Fsp3) is 0. The number of rotatable bonds is 2. The van der Waals surface area contributed by atoms with Crippen LogP contribution in [-0.2, 0) is 0 Å². The summed E-state index contributed by atoms with van der Waals surface area (Å²) in [6.45, 7) is 0. The molecule has 2 heterocycles. The molecule has 3 aromatic rings. The van der Waals surface area contributed by atoms with Crippen molar-refractivity contribution >= 4 is 16.7 Å². The predicted molar refractivity (Wildman–Crippen MR) is 68.3 cm³/mol. The van der Waals surface area contributed by atoms with Crippen LogP contribution in [0, 0.1) is 11.3 Å². The Hall–Kier alpha value is -3.27. The molecule has 0 fully saturated rings. The van der Waals surface area contributed by atoms with Gasteiger partial charge in [0.05, 0.1) is 5.56 Å². The maximum absolute atomic E-state index is 11.2. The topological polar surface area (TPSA) is 105 Å². The Morgan fingerprint density at radius 3 is 2.65 bits per heavy atom. The van der Waals surface area contributed by atoms with E-state index in [-0.39, 0.29) is 11.4 Å². The van der Waals surface area contributed by atoms with Gasteiger partial charge < -0.3 is 5.11 Å². The van der Waals surface area contributed by atoms with E-state index in [2.05, 4.69) is 15.1 Å². The fourth-order valence-corrected chi connectivity index (χ4v) is 1.95. The second kappa shape index (κ2) is 4.44. The monoisotopic (exact) mass is 265 g/mol. The molecule has 1 N–H and O–H groups in total. The smallest absolute Gasteiger partial charge is 0.337 e. The first kappa shape index (κ1) is 11.8. The Morgan fingerprint density at radius 2 is 2.00 bits per heavy atom. The van der Waals surface area contributed by atoms with Gasteiger partial charge in [-0.1, -0.05) is 24.3 Å². The van der Waals surface area contributed by atoms with Crippen molar-refractivity contribution in [3.63, 3.8) is 0 Å². The first-order valence-electron chi connectivity index (χ1n) is 5.64. The summed E-state index contributed by atoms with van der Waals surface area (Å²) < 4.78 is 1.35. The molecule has 0 saturated heterocycles. The Bertz CT molecular complexity index is 863. The number of nitriles is 1. The highest BCUT2D eigenvalue weighted by Gasteiger charge is 2.14. The zero-order valence-electron chi connectivity index (χ0n) is 10.1. The van der Waals surface area contributed by atoms with Crippen molar-refractivity contribution in [2.45, 2.75) is 0 Å². The van der Waals surface area contributed by atoms with Gasteiger partial charge >= 0.3 is 5.97 Å². The molecule has 0 aliphatic carbocycles. The van der Waals surface area contributed by atoms with Crippen LogP contribution in [0.5, 0.6) is 0 Å². The number of carboxylic acid groups (broad SMARTS) is 1. The van der Waals surface area contributed by atoms with E-state index in [1.165, 1.54) is 17.2 Å². The molecule has 3 rings (SSSR count). The van der Waals surface area contributed by atoms with Crippen molar-refractivity contribution in [3.8, 4) is 11.9 Å². The third-order valence-electron chi connectivity index (χ3n) is 2.81. The van der Waals surface area contributed by atoms with E-state index in [0.29, 0.717) is 16.6 Å². The highest BCUT2D eigenvalue weighted by molar-refractivity contribution is 6.05. The molecule has 7 nitrogen and oxygen atoms in total. The molecule has 7 heteroatoms. The van der Waals surface area contributed by atoms with Crippen LogP contribution in [0.15, 0.2) is 36.8 Å². The lowest BCUT2D eigenvalue weighted by atomic mass is 10.1. The van der Waals surface area contributed by atoms with Gasteiger partial charge in [0.1, 0.15) is 12.4 Å². The van der Waals surface area contributed by atoms with Crippen LogP contribution >= 0.6 is 0 Å². The van der Waals surface area contributed by atoms with Gasteiger partial charge in [0.15, 0.2) is 5.82 Å². The van der Waals surface area contributed by atoms with Crippen molar-refractivity contribution in [3.05, 3.63) is 48.2 Å². The summed E-state index contributed by atoms with van der Waals surface area (Å²) in [6, 6.07) is 8.81. The summed E-state index contributed by atoms with van der Waals surface area (Å²) in [4.78, 5) is 19.1. The second-order valence-corrected chi connectivity index (χ2v) is 3.97. The minimum atomic E-state index is -1.04. The molecule has 0 aliphatic rings. The summed E-state index contributed by atoms with van der Waals surface area (Å²) in [5, 5.41) is 23.0. The van der Waals surface area contributed by atoms with Gasteiger partial charge in [-0.05, 0) is 0 Å². The number of fused-ring (bicyclic) bond motifs is 1. The van der Waals surface area contributed by atoms with Crippen molar-refractivity contribution < 1.29 is 9.90 Å². The lowest BCUT2D eigenvalue weighted by Crippen LogP contribution is -2.04. The van der Waals surface area contributed by atoms with Crippen LogP contribution in [0.2, 0.25) is 0 Å². The first-order chi connectivity index (χ1) is 9.70. The zero-order chi connectivity index (χ0) is 14.1. The average Bonchev–Trinajstić information content (AvgIpc) is 2.94. The molecule has 0 aliphatic heterocycles.